The van der Waals surface area contributed by atoms with Crippen LogP contribution in [0.15, 0.2) is 36.4 Å². The molecule has 168 valence electrons. The fraction of sp³-hybridized carbons (Fsp3) is 0.261. The third-order valence-corrected chi connectivity index (χ3v) is 4.90. The van der Waals surface area contributed by atoms with Crippen molar-refractivity contribution >= 4 is 11.7 Å². The second-order valence-electron chi connectivity index (χ2n) is 6.69. The first-order valence-corrected chi connectivity index (χ1v) is 10.0. The van der Waals surface area contributed by atoms with Crippen molar-refractivity contribution in [2.75, 3.05) is 20.0 Å². The summed E-state index contributed by atoms with van der Waals surface area (Å²) in [6.45, 7) is 4.35. The van der Waals surface area contributed by atoms with E-state index in [1.807, 2.05) is 13.8 Å². The van der Waals surface area contributed by atoms with E-state index < -0.39 is 11.6 Å². The molecule has 0 saturated heterocycles. The molecule has 0 saturated carbocycles. The van der Waals surface area contributed by atoms with Gasteiger partial charge in [0.2, 0.25) is 0 Å². The molecule has 0 atom stereocenters. The molecule has 1 amide bonds. The molecular formula is C23H24F2N4O3. The van der Waals surface area contributed by atoms with Crippen molar-refractivity contribution in [1.29, 1.82) is 0 Å². The Bertz CT molecular complexity index is 1130. The lowest BCUT2D eigenvalue weighted by atomic mass is 10.1. The number of ether oxygens (including phenoxy) is 2. The monoisotopic (exact) mass is 442 g/mol. The quantitative estimate of drug-likeness (QED) is 0.637. The van der Waals surface area contributed by atoms with Crippen LogP contribution in [0.3, 0.4) is 0 Å². The molecule has 9 heteroatoms. The molecule has 4 rings (SSSR count). The molecule has 0 bridgehead atoms. The van der Waals surface area contributed by atoms with E-state index in [1.54, 1.807) is 25.3 Å². The fourth-order valence-corrected chi connectivity index (χ4v) is 3.42. The van der Waals surface area contributed by atoms with Gasteiger partial charge in [-0.2, -0.15) is 0 Å². The summed E-state index contributed by atoms with van der Waals surface area (Å²) < 4.78 is 38.9. The van der Waals surface area contributed by atoms with Crippen LogP contribution < -0.4 is 15.2 Å². The zero-order valence-corrected chi connectivity index (χ0v) is 18.3. The summed E-state index contributed by atoms with van der Waals surface area (Å²) >= 11 is 0. The minimum atomic E-state index is -0.807. The predicted octanol–water partition coefficient (Wildman–Crippen LogP) is 4.20. The van der Waals surface area contributed by atoms with Crippen molar-refractivity contribution < 1.29 is 23.0 Å². The summed E-state index contributed by atoms with van der Waals surface area (Å²) in [7, 11) is 3.07. The zero-order valence-electron chi connectivity index (χ0n) is 18.3. The molecule has 0 unspecified atom stereocenters. The number of amides is 1. The number of halogens is 2. The van der Waals surface area contributed by atoms with Gasteiger partial charge in [-0.25, -0.2) is 18.7 Å². The van der Waals surface area contributed by atoms with E-state index in [1.165, 1.54) is 18.1 Å². The van der Waals surface area contributed by atoms with Crippen LogP contribution >= 0.6 is 0 Å². The summed E-state index contributed by atoms with van der Waals surface area (Å²) in [5.41, 5.74) is 6.80. The standard InChI is InChI=1S/C21H18F2N4O3.C2H6/c1-29-12-7-6-11(16(8-12)30-2)9-27-10-15-18(21(27)28)19(24)26-20(25-15)17-13(22)4-3-5-14(17)23;1-2/h3-8H,9-10H2,1-2H3,(H2,24,25,26);1-2H3. The van der Waals surface area contributed by atoms with E-state index in [0.29, 0.717) is 17.2 Å². The summed E-state index contributed by atoms with van der Waals surface area (Å²) in [6.07, 6.45) is 0. The maximum Gasteiger partial charge on any atom is 0.260 e. The maximum absolute atomic E-state index is 14.1. The highest BCUT2D eigenvalue weighted by Gasteiger charge is 2.33. The van der Waals surface area contributed by atoms with Crippen LogP contribution in [-0.2, 0) is 13.1 Å². The molecule has 0 fully saturated rings. The lowest BCUT2D eigenvalue weighted by Gasteiger charge is -2.18. The van der Waals surface area contributed by atoms with Crippen LogP contribution in [0.25, 0.3) is 11.4 Å². The van der Waals surface area contributed by atoms with Crippen LogP contribution in [0, 0.1) is 11.6 Å². The Balaban J connectivity index is 0.00000141. The first-order chi connectivity index (χ1) is 15.4. The number of carbonyl (C=O) groups is 1. The molecule has 32 heavy (non-hydrogen) atoms. The van der Waals surface area contributed by atoms with Gasteiger partial charge in [0.25, 0.3) is 5.91 Å². The molecular weight excluding hydrogens is 418 g/mol. The number of rotatable bonds is 5. The average molecular weight is 442 g/mol. The first-order valence-electron chi connectivity index (χ1n) is 10.0. The normalized spacial score (nSPS) is 12.2. The molecule has 3 aromatic rings. The summed E-state index contributed by atoms with van der Waals surface area (Å²) in [4.78, 5) is 22.6. The number of carbonyl (C=O) groups excluding carboxylic acids is 1. The third-order valence-electron chi connectivity index (χ3n) is 4.90. The highest BCUT2D eigenvalue weighted by molar-refractivity contribution is 6.02. The minimum Gasteiger partial charge on any atom is -0.497 e. The lowest BCUT2D eigenvalue weighted by Crippen LogP contribution is -2.24. The Morgan fingerprint density at radius 2 is 1.72 bits per heavy atom. The number of nitrogens with two attached hydrogens (primary N) is 1. The Kier molecular flexibility index (Phi) is 6.87. The number of methoxy groups -OCH3 is 2. The zero-order chi connectivity index (χ0) is 23.4. The van der Waals surface area contributed by atoms with Crippen LogP contribution in [0.5, 0.6) is 11.5 Å². The second-order valence-corrected chi connectivity index (χ2v) is 6.69. The molecule has 2 aromatic carbocycles. The number of benzene rings is 2. The fourth-order valence-electron chi connectivity index (χ4n) is 3.42. The number of hydrogen-bond donors (Lipinski definition) is 1. The molecule has 1 aliphatic heterocycles. The molecule has 2 heterocycles. The van der Waals surface area contributed by atoms with Crippen LogP contribution in [-0.4, -0.2) is 35.0 Å². The van der Waals surface area contributed by atoms with E-state index in [4.69, 9.17) is 15.2 Å². The number of anilines is 1. The van der Waals surface area contributed by atoms with Crippen LogP contribution in [0.4, 0.5) is 14.6 Å². The molecule has 0 radical (unpaired) electrons. The van der Waals surface area contributed by atoms with Gasteiger partial charge in [0.05, 0.1) is 38.6 Å². The lowest BCUT2D eigenvalue weighted by molar-refractivity contribution is 0.0766. The number of hydrogen-bond acceptors (Lipinski definition) is 6. The Morgan fingerprint density at radius 1 is 1.03 bits per heavy atom. The highest BCUT2D eigenvalue weighted by Crippen LogP contribution is 2.33. The van der Waals surface area contributed by atoms with E-state index in [2.05, 4.69) is 9.97 Å². The SMILES string of the molecule is CC.COc1ccc(CN2Cc3nc(-c4c(F)cccc4F)nc(N)c3C2=O)c(OC)c1. The second kappa shape index (κ2) is 9.59. The molecule has 2 N–H and O–H groups in total. The van der Waals surface area contributed by atoms with Crippen LogP contribution in [0.1, 0.15) is 35.5 Å². The van der Waals surface area contributed by atoms with Crippen molar-refractivity contribution in [3.05, 3.63) is 64.9 Å². The predicted molar refractivity (Wildman–Crippen MR) is 116 cm³/mol. The number of fused-ring (bicyclic) bond motifs is 1. The smallest absolute Gasteiger partial charge is 0.260 e. The van der Waals surface area contributed by atoms with Crippen molar-refractivity contribution in [3.63, 3.8) is 0 Å². The third kappa shape index (κ3) is 4.18. The van der Waals surface area contributed by atoms with Gasteiger partial charge >= 0.3 is 0 Å². The Hall–Kier alpha value is -3.75. The van der Waals surface area contributed by atoms with E-state index >= 15 is 0 Å². The molecule has 0 spiro atoms. The van der Waals surface area contributed by atoms with Gasteiger partial charge in [-0.3, -0.25) is 4.79 Å². The van der Waals surface area contributed by atoms with Gasteiger partial charge in [-0.15, -0.1) is 0 Å². The van der Waals surface area contributed by atoms with Gasteiger partial charge in [-0.05, 0) is 24.3 Å². The topological polar surface area (TPSA) is 90.6 Å². The van der Waals surface area contributed by atoms with Gasteiger partial charge in [0.15, 0.2) is 5.82 Å². The van der Waals surface area contributed by atoms with Crippen LogP contribution in [0.2, 0.25) is 0 Å². The van der Waals surface area contributed by atoms with E-state index in [0.717, 1.165) is 17.7 Å². The van der Waals surface area contributed by atoms with Crippen molar-refractivity contribution in [2.45, 2.75) is 26.9 Å². The maximum atomic E-state index is 14.1. The van der Waals surface area contributed by atoms with E-state index in [9.17, 15) is 13.6 Å². The Labute approximate surface area is 184 Å². The van der Waals surface area contributed by atoms with Gasteiger partial charge in [-0.1, -0.05) is 19.9 Å². The molecule has 7 nitrogen and oxygen atoms in total. The number of aromatic nitrogens is 2. The first kappa shape index (κ1) is 22.9. The van der Waals surface area contributed by atoms with Crippen molar-refractivity contribution in [3.8, 4) is 22.9 Å². The van der Waals surface area contributed by atoms with Gasteiger partial charge in [0.1, 0.15) is 34.5 Å². The van der Waals surface area contributed by atoms with Gasteiger partial charge < -0.3 is 20.1 Å². The van der Waals surface area contributed by atoms with Crippen molar-refractivity contribution in [1.82, 2.24) is 14.9 Å². The largest absolute Gasteiger partial charge is 0.497 e. The molecule has 1 aromatic heterocycles. The van der Waals surface area contributed by atoms with Gasteiger partial charge in [0, 0.05) is 11.6 Å². The highest BCUT2D eigenvalue weighted by atomic mass is 19.1. The molecule has 0 aliphatic carbocycles. The summed E-state index contributed by atoms with van der Waals surface area (Å²) in [5.74, 6) is -1.10. The van der Waals surface area contributed by atoms with E-state index in [-0.39, 0.29) is 41.8 Å². The minimum absolute atomic E-state index is 0.119. The summed E-state index contributed by atoms with van der Waals surface area (Å²) in [5, 5.41) is 0. The summed E-state index contributed by atoms with van der Waals surface area (Å²) in [6, 6.07) is 8.74. The molecule has 1 aliphatic rings. The number of nitrogens with zero attached hydrogens (tertiary/aromatic N) is 3. The average Bonchev–Trinajstić information content (AvgIpc) is 3.10. The number of nitrogen functional groups attached to an aromatic ring is 1. The Morgan fingerprint density at radius 3 is 2.34 bits per heavy atom. The van der Waals surface area contributed by atoms with Crippen molar-refractivity contribution in [2.24, 2.45) is 0 Å².